The van der Waals surface area contributed by atoms with Crippen LogP contribution in [-0.2, 0) is 11.2 Å². The highest BCUT2D eigenvalue weighted by Gasteiger charge is 2.32. The van der Waals surface area contributed by atoms with Crippen molar-refractivity contribution in [3.63, 3.8) is 0 Å². The molecule has 98 valence electrons. The third kappa shape index (κ3) is 3.34. The Balaban J connectivity index is 1.81. The van der Waals surface area contributed by atoms with Gasteiger partial charge in [-0.25, -0.2) is 0 Å². The monoisotopic (exact) mass is 245 g/mol. The molecule has 0 bridgehead atoms. The average molecular weight is 245 g/mol. The van der Waals surface area contributed by atoms with Crippen LogP contribution in [0.25, 0.3) is 0 Å². The molecule has 18 heavy (non-hydrogen) atoms. The van der Waals surface area contributed by atoms with E-state index in [1.54, 1.807) is 0 Å². The molecule has 1 aromatic carbocycles. The summed E-state index contributed by atoms with van der Waals surface area (Å²) in [6, 6.07) is 8.86. The number of aryl methyl sites for hydroxylation is 2. The minimum Gasteiger partial charge on any atom is -0.343 e. The van der Waals surface area contributed by atoms with Crippen molar-refractivity contribution < 1.29 is 4.79 Å². The Bertz CT molecular complexity index is 406. The Labute approximate surface area is 110 Å². The number of carbonyl (C=O) groups is 1. The molecule has 1 aliphatic rings. The van der Waals surface area contributed by atoms with Gasteiger partial charge in [0.25, 0.3) is 0 Å². The summed E-state index contributed by atoms with van der Waals surface area (Å²) in [5.74, 6) is 1.02. The van der Waals surface area contributed by atoms with Crippen molar-refractivity contribution in [3.8, 4) is 0 Å². The van der Waals surface area contributed by atoms with Gasteiger partial charge in [0.2, 0.25) is 5.91 Å². The second-order valence-electron chi connectivity index (χ2n) is 5.57. The lowest BCUT2D eigenvalue weighted by molar-refractivity contribution is -0.132. The van der Waals surface area contributed by atoms with E-state index in [-0.39, 0.29) is 5.91 Å². The van der Waals surface area contributed by atoms with Crippen LogP contribution in [-0.4, -0.2) is 23.9 Å². The molecule has 0 spiro atoms. The maximum Gasteiger partial charge on any atom is 0.222 e. The van der Waals surface area contributed by atoms with Crippen LogP contribution in [0.1, 0.15) is 37.3 Å². The predicted molar refractivity (Wildman–Crippen MR) is 74.5 cm³/mol. The van der Waals surface area contributed by atoms with Crippen molar-refractivity contribution in [3.05, 3.63) is 35.4 Å². The van der Waals surface area contributed by atoms with Crippen LogP contribution in [0.3, 0.4) is 0 Å². The molecule has 2 heteroatoms. The van der Waals surface area contributed by atoms with E-state index >= 15 is 0 Å². The molecule has 0 aromatic heterocycles. The predicted octanol–water partition coefficient (Wildman–Crippen LogP) is 3.18. The van der Waals surface area contributed by atoms with E-state index in [0.717, 1.165) is 12.3 Å². The summed E-state index contributed by atoms with van der Waals surface area (Å²) in [7, 11) is 1.94. The van der Waals surface area contributed by atoms with Gasteiger partial charge >= 0.3 is 0 Å². The molecule has 0 N–H and O–H groups in total. The fraction of sp³-hybridized carbons (Fsp3) is 0.562. The number of amides is 1. The molecule has 1 saturated carbocycles. The molecule has 2 rings (SSSR count). The summed E-state index contributed by atoms with van der Waals surface area (Å²) in [4.78, 5) is 14.0. The summed E-state index contributed by atoms with van der Waals surface area (Å²) in [5, 5.41) is 0. The SMILES string of the molecule is Cc1ccc(CCC(=O)N(C)C(C)C2CC2)cc1. The van der Waals surface area contributed by atoms with Crippen LogP contribution in [0.5, 0.6) is 0 Å². The fourth-order valence-electron chi connectivity index (χ4n) is 2.30. The maximum absolute atomic E-state index is 12.1. The van der Waals surface area contributed by atoms with Crippen molar-refractivity contribution >= 4 is 5.91 Å². The van der Waals surface area contributed by atoms with Crippen molar-refractivity contribution in [2.45, 2.75) is 45.6 Å². The Morgan fingerprint density at radius 1 is 1.33 bits per heavy atom. The number of nitrogens with zero attached hydrogens (tertiary/aromatic N) is 1. The highest BCUT2D eigenvalue weighted by molar-refractivity contribution is 5.76. The van der Waals surface area contributed by atoms with E-state index in [1.165, 1.54) is 24.0 Å². The van der Waals surface area contributed by atoms with Gasteiger partial charge in [-0.2, -0.15) is 0 Å². The van der Waals surface area contributed by atoms with Gasteiger partial charge in [0.05, 0.1) is 0 Å². The molecule has 1 amide bonds. The standard InChI is InChI=1S/C16H23NO/c1-12-4-6-14(7-5-12)8-11-16(18)17(3)13(2)15-9-10-15/h4-7,13,15H,8-11H2,1-3H3. The van der Waals surface area contributed by atoms with E-state index in [2.05, 4.69) is 38.1 Å². The summed E-state index contributed by atoms with van der Waals surface area (Å²) < 4.78 is 0. The summed E-state index contributed by atoms with van der Waals surface area (Å²) in [6.07, 6.45) is 4.05. The lowest BCUT2D eigenvalue weighted by atomic mass is 10.1. The molecule has 0 aliphatic heterocycles. The second kappa shape index (κ2) is 5.55. The molecule has 0 saturated heterocycles. The highest BCUT2D eigenvalue weighted by Crippen LogP contribution is 2.34. The van der Waals surface area contributed by atoms with Crippen LogP contribution in [0.2, 0.25) is 0 Å². The number of carbonyl (C=O) groups excluding carboxylic acids is 1. The van der Waals surface area contributed by atoms with Crippen LogP contribution in [0, 0.1) is 12.8 Å². The van der Waals surface area contributed by atoms with Gasteiger partial charge in [-0.05, 0) is 44.6 Å². The normalized spacial score (nSPS) is 16.4. The van der Waals surface area contributed by atoms with Gasteiger partial charge in [0, 0.05) is 19.5 Å². The molecule has 1 fully saturated rings. The quantitative estimate of drug-likeness (QED) is 0.780. The first-order valence-electron chi connectivity index (χ1n) is 6.89. The largest absolute Gasteiger partial charge is 0.343 e. The first-order chi connectivity index (χ1) is 8.58. The first-order valence-corrected chi connectivity index (χ1v) is 6.89. The number of rotatable bonds is 5. The molecule has 2 nitrogen and oxygen atoms in total. The zero-order valence-electron chi connectivity index (χ0n) is 11.6. The second-order valence-corrected chi connectivity index (χ2v) is 5.57. The van der Waals surface area contributed by atoms with E-state index in [0.29, 0.717) is 12.5 Å². The molecule has 0 heterocycles. The molecule has 1 aromatic rings. The van der Waals surface area contributed by atoms with Gasteiger partial charge in [-0.15, -0.1) is 0 Å². The third-order valence-electron chi connectivity index (χ3n) is 4.06. The Kier molecular flexibility index (Phi) is 4.05. The maximum atomic E-state index is 12.1. The summed E-state index contributed by atoms with van der Waals surface area (Å²) in [6.45, 7) is 4.25. The van der Waals surface area contributed by atoms with Crippen molar-refractivity contribution in [2.24, 2.45) is 5.92 Å². The highest BCUT2D eigenvalue weighted by atomic mass is 16.2. The Hall–Kier alpha value is -1.31. The van der Waals surface area contributed by atoms with Gasteiger partial charge < -0.3 is 4.90 Å². The van der Waals surface area contributed by atoms with Crippen LogP contribution >= 0.6 is 0 Å². The van der Waals surface area contributed by atoms with Gasteiger partial charge in [0.15, 0.2) is 0 Å². The first kappa shape index (κ1) is 13.1. The molecular weight excluding hydrogens is 222 g/mol. The number of hydrogen-bond acceptors (Lipinski definition) is 1. The van der Waals surface area contributed by atoms with Crippen molar-refractivity contribution in [2.75, 3.05) is 7.05 Å². The Morgan fingerprint density at radius 3 is 2.50 bits per heavy atom. The van der Waals surface area contributed by atoms with Crippen molar-refractivity contribution in [1.82, 2.24) is 4.90 Å². The minimum atomic E-state index is 0.273. The Morgan fingerprint density at radius 2 is 1.94 bits per heavy atom. The van der Waals surface area contributed by atoms with Gasteiger partial charge in [-0.1, -0.05) is 29.8 Å². The van der Waals surface area contributed by atoms with E-state index in [9.17, 15) is 4.79 Å². The molecule has 0 radical (unpaired) electrons. The molecule has 1 unspecified atom stereocenters. The van der Waals surface area contributed by atoms with Gasteiger partial charge in [-0.3, -0.25) is 4.79 Å². The van der Waals surface area contributed by atoms with Crippen LogP contribution in [0.4, 0.5) is 0 Å². The summed E-state index contributed by atoms with van der Waals surface area (Å²) >= 11 is 0. The molecular formula is C16H23NO. The third-order valence-corrected chi connectivity index (χ3v) is 4.06. The smallest absolute Gasteiger partial charge is 0.222 e. The van der Waals surface area contributed by atoms with E-state index in [1.807, 2.05) is 11.9 Å². The van der Waals surface area contributed by atoms with E-state index < -0.39 is 0 Å². The fourth-order valence-corrected chi connectivity index (χ4v) is 2.30. The molecule has 1 atom stereocenters. The van der Waals surface area contributed by atoms with Crippen LogP contribution in [0.15, 0.2) is 24.3 Å². The van der Waals surface area contributed by atoms with Crippen LogP contribution < -0.4 is 0 Å². The number of hydrogen-bond donors (Lipinski definition) is 0. The number of benzene rings is 1. The lowest BCUT2D eigenvalue weighted by Gasteiger charge is -2.25. The summed E-state index contributed by atoms with van der Waals surface area (Å²) in [5.41, 5.74) is 2.52. The topological polar surface area (TPSA) is 20.3 Å². The van der Waals surface area contributed by atoms with E-state index in [4.69, 9.17) is 0 Å². The van der Waals surface area contributed by atoms with Crippen molar-refractivity contribution in [1.29, 1.82) is 0 Å². The average Bonchev–Trinajstić information content (AvgIpc) is 3.20. The van der Waals surface area contributed by atoms with Gasteiger partial charge in [0.1, 0.15) is 0 Å². The minimum absolute atomic E-state index is 0.273. The lowest BCUT2D eigenvalue weighted by Crippen LogP contribution is -2.36. The zero-order chi connectivity index (χ0) is 13.1. The zero-order valence-corrected chi connectivity index (χ0v) is 11.6. The molecule has 1 aliphatic carbocycles.